The summed E-state index contributed by atoms with van der Waals surface area (Å²) in [6.07, 6.45) is 6.66. The van der Waals surface area contributed by atoms with Crippen LogP contribution in [-0.2, 0) is 14.3 Å². The number of carbonyl (C=O) groups excluding carboxylic acids is 1. The number of carbonyl (C=O) groups is 1. The van der Waals surface area contributed by atoms with E-state index in [1.54, 1.807) is 6.92 Å². The normalized spacial score (nSPS) is 55.8. The highest BCUT2D eigenvalue weighted by Gasteiger charge is 2.73. The van der Waals surface area contributed by atoms with E-state index in [9.17, 15) is 15.0 Å². The molecule has 0 radical (unpaired) electrons. The average Bonchev–Trinajstić information content (AvgIpc) is 3.37. The molecule has 5 heteroatoms. The highest BCUT2D eigenvalue weighted by Crippen LogP contribution is 2.75. The van der Waals surface area contributed by atoms with Gasteiger partial charge in [-0.2, -0.15) is 0 Å². The number of hydrogen-bond donors (Lipinski definition) is 2. The monoisotopic (exact) mass is 554 g/mol. The van der Waals surface area contributed by atoms with Gasteiger partial charge in [0.15, 0.2) is 12.6 Å². The van der Waals surface area contributed by atoms with Crippen molar-refractivity contribution in [3.05, 3.63) is 23.0 Å². The second kappa shape index (κ2) is 9.41. The van der Waals surface area contributed by atoms with Crippen molar-refractivity contribution in [2.75, 3.05) is 6.79 Å². The fourth-order valence-electron chi connectivity index (χ4n) is 12.5. The molecular weight excluding hydrogens is 500 g/mol. The highest BCUT2D eigenvalue weighted by molar-refractivity contribution is 5.95. The van der Waals surface area contributed by atoms with Gasteiger partial charge in [0.05, 0.1) is 12.2 Å². The number of hydrogen-bond acceptors (Lipinski definition) is 5. The van der Waals surface area contributed by atoms with Crippen LogP contribution in [0.2, 0.25) is 0 Å². The van der Waals surface area contributed by atoms with Gasteiger partial charge in [0, 0.05) is 11.0 Å². The molecule has 0 aromatic carbocycles. The lowest BCUT2D eigenvalue weighted by atomic mass is 9.30. The van der Waals surface area contributed by atoms with Gasteiger partial charge in [-0.05, 0) is 110 Å². The van der Waals surface area contributed by atoms with Crippen molar-refractivity contribution in [1.82, 2.24) is 0 Å². The SMILES string of the molecule is CC(=O)C1=C(C)CC2(C)C(C)C3(C)C(C)C4C(C5C=C6OCOC6CC5)CCC(C)C4C(O)C3C(C)C2(C)C1O. The van der Waals surface area contributed by atoms with Crippen LogP contribution in [0.5, 0.6) is 0 Å². The largest absolute Gasteiger partial charge is 0.469 e. The van der Waals surface area contributed by atoms with E-state index < -0.39 is 17.6 Å². The zero-order valence-electron chi connectivity index (χ0n) is 26.4. The standard InChI is InChI=1S/C35H54O5/c1-17-10-12-24(23-11-13-25-26(14-23)40-16-39-25)29-19(3)34(8)22(6)33(7)15-18(2)27(21(5)36)32(38)35(33,9)20(4)30(34)31(37)28(17)29/h14,17,19-20,22-25,28-32,37-38H,10-13,15-16H2,1-9H3. The number of Topliss-reactive ketones (excluding diaryl/α,β-unsaturated/α-hetero) is 1. The minimum Gasteiger partial charge on any atom is -0.469 e. The maximum atomic E-state index is 12.8. The predicted molar refractivity (Wildman–Crippen MR) is 156 cm³/mol. The Morgan fingerprint density at radius 2 is 1.68 bits per heavy atom. The number of ketones is 1. The van der Waals surface area contributed by atoms with Crippen LogP contribution in [0.3, 0.4) is 0 Å². The smallest absolute Gasteiger partial charge is 0.189 e. The predicted octanol–water partition coefficient (Wildman–Crippen LogP) is 6.53. The summed E-state index contributed by atoms with van der Waals surface area (Å²) in [6, 6.07) is 0. The van der Waals surface area contributed by atoms with Gasteiger partial charge in [-0.1, -0.05) is 60.5 Å². The molecule has 15 unspecified atom stereocenters. The Morgan fingerprint density at radius 1 is 0.975 bits per heavy atom. The lowest BCUT2D eigenvalue weighted by Gasteiger charge is -2.75. The van der Waals surface area contributed by atoms with Crippen molar-refractivity contribution < 1.29 is 24.5 Å². The van der Waals surface area contributed by atoms with Gasteiger partial charge in [0.25, 0.3) is 0 Å². The zero-order chi connectivity index (χ0) is 29.1. The third kappa shape index (κ3) is 3.46. The summed E-state index contributed by atoms with van der Waals surface area (Å²) in [5.41, 5.74) is 0.895. The molecule has 3 saturated carbocycles. The van der Waals surface area contributed by atoms with E-state index >= 15 is 0 Å². The Kier molecular flexibility index (Phi) is 6.81. The third-order valence-corrected chi connectivity index (χ3v) is 15.0. The first-order chi connectivity index (χ1) is 18.7. The summed E-state index contributed by atoms with van der Waals surface area (Å²) < 4.78 is 11.7. The van der Waals surface area contributed by atoms with E-state index in [1.165, 1.54) is 6.42 Å². The molecule has 1 heterocycles. The van der Waals surface area contributed by atoms with Gasteiger partial charge >= 0.3 is 0 Å². The Labute approximate surface area is 242 Å². The summed E-state index contributed by atoms with van der Waals surface area (Å²) in [7, 11) is 0. The van der Waals surface area contributed by atoms with Crippen LogP contribution in [0.4, 0.5) is 0 Å². The molecule has 0 amide bonds. The molecule has 4 fully saturated rings. The molecule has 40 heavy (non-hydrogen) atoms. The van der Waals surface area contributed by atoms with Crippen LogP contribution in [0, 0.1) is 69.5 Å². The maximum absolute atomic E-state index is 12.8. The molecule has 224 valence electrons. The van der Waals surface area contributed by atoms with Crippen LogP contribution >= 0.6 is 0 Å². The maximum Gasteiger partial charge on any atom is 0.189 e. The topological polar surface area (TPSA) is 76.0 Å². The molecule has 5 nitrogen and oxygen atoms in total. The van der Waals surface area contributed by atoms with Gasteiger partial charge in [0.1, 0.15) is 11.9 Å². The van der Waals surface area contributed by atoms with E-state index in [2.05, 4.69) is 61.5 Å². The second-order valence-electron chi connectivity index (χ2n) is 15.8. The molecule has 0 aromatic rings. The molecule has 0 aromatic heterocycles. The number of aliphatic hydroxyl groups excluding tert-OH is 2. The van der Waals surface area contributed by atoms with E-state index in [-0.39, 0.29) is 46.4 Å². The van der Waals surface area contributed by atoms with Gasteiger partial charge in [-0.3, -0.25) is 4.79 Å². The zero-order valence-corrected chi connectivity index (χ0v) is 26.4. The summed E-state index contributed by atoms with van der Waals surface area (Å²) >= 11 is 0. The number of allylic oxidation sites excluding steroid dienone is 2. The molecule has 1 aliphatic heterocycles. The lowest BCUT2D eigenvalue weighted by Crippen LogP contribution is -2.73. The second-order valence-corrected chi connectivity index (χ2v) is 15.8. The third-order valence-electron chi connectivity index (χ3n) is 15.0. The Balaban J connectivity index is 1.45. The first-order valence-corrected chi connectivity index (χ1v) is 16.2. The van der Waals surface area contributed by atoms with Crippen LogP contribution < -0.4 is 0 Å². The molecule has 1 saturated heterocycles. The van der Waals surface area contributed by atoms with Crippen molar-refractivity contribution in [3.63, 3.8) is 0 Å². The number of aliphatic hydroxyl groups is 2. The van der Waals surface area contributed by atoms with Crippen LogP contribution in [0.15, 0.2) is 23.0 Å². The summed E-state index contributed by atoms with van der Waals surface area (Å²) in [6.45, 7) is 20.7. The number of fused-ring (bicyclic) bond motifs is 4. The quantitative estimate of drug-likeness (QED) is 0.406. The molecule has 6 rings (SSSR count). The molecule has 0 spiro atoms. The van der Waals surface area contributed by atoms with E-state index in [0.717, 1.165) is 37.0 Å². The highest BCUT2D eigenvalue weighted by atomic mass is 16.7. The Hall–Kier alpha value is -1.17. The molecule has 0 bridgehead atoms. The Morgan fingerprint density at radius 3 is 2.35 bits per heavy atom. The fourth-order valence-corrected chi connectivity index (χ4v) is 12.5. The Bertz CT molecular complexity index is 1120. The van der Waals surface area contributed by atoms with E-state index in [0.29, 0.717) is 42.0 Å². The van der Waals surface area contributed by atoms with E-state index in [4.69, 9.17) is 9.47 Å². The summed E-state index contributed by atoms with van der Waals surface area (Å²) in [4.78, 5) is 12.8. The van der Waals surface area contributed by atoms with Gasteiger partial charge in [-0.15, -0.1) is 0 Å². The average molecular weight is 555 g/mol. The van der Waals surface area contributed by atoms with Crippen molar-refractivity contribution in [3.8, 4) is 0 Å². The number of ether oxygens (including phenoxy) is 2. The van der Waals surface area contributed by atoms with Gasteiger partial charge in [-0.25, -0.2) is 0 Å². The molecule has 2 N–H and O–H groups in total. The molecule has 5 aliphatic carbocycles. The van der Waals surface area contributed by atoms with Crippen LogP contribution in [-0.4, -0.2) is 41.1 Å². The summed E-state index contributed by atoms with van der Waals surface area (Å²) in [5.74, 6) is 4.05. The molecule has 15 atom stereocenters. The molecular formula is C35H54O5. The van der Waals surface area contributed by atoms with Gasteiger partial charge < -0.3 is 19.7 Å². The van der Waals surface area contributed by atoms with Crippen LogP contribution in [0.1, 0.15) is 94.4 Å². The van der Waals surface area contributed by atoms with Crippen molar-refractivity contribution in [1.29, 1.82) is 0 Å². The van der Waals surface area contributed by atoms with Crippen molar-refractivity contribution in [2.24, 2.45) is 69.5 Å². The lowest BCUT2D eigenvalue weighted by molar-refractivity contribution is -0.291. The van der Waals surface area contributed by atoms with E-state index in [1.807, 2.05) is 0 Å². The minimum atomic E-state index is -0.807. The first kappa shape index (κ1) is 28.9. The van der Waals surface area contributed by atoms with Crippen LogP contribution in [0.25, 0.3) is 0 Å². The van der Waals surface area contributed by atoms with Crippen molar-refractivity contribution in [2.45, 2.75) is 113 Å². The summed E-state index contributed by atoms with van der Waals surface area (Å²) in [5, 5.41) is 24.6. The number of rotatable bonds is 2. The van der Waals surface area contributed by atoms with Crippen molar-refractivity contribution >= 4 is 5.78 Å². The fraction of sp³-hybridized carbons (Fsp3) is 0.857. The first-order valence-electron chi connectivity index (χ1n) is 16.2. The molecule has 6 aliphatic rings. The minimum absolute atomic E-state index is 0.0108. The van der Waals surface area contributed by atoms with Gasteiger partial charge in [0.2, 0.25) is 0 Å².